The van der Waals surface area contributed by atoms with Crippen molar-refractivity contribution in [3.63, 3.8) is 0 Å². The molecule has 1 amide bonds. The number of hydrogen-bond donors (Lipinski definition) is 1. The molecule has 2 aromatic carbocycles. The molecule has 0 atom stereocenters. The van der Waals surface area contributed by atoms with Crippen LogP contribution in [0.1, 0.15) is 41.3 Å². The molecule has 2 rings (SSSR count). The second-order valence-electron chi connectivity index (χ2n) is 5.32. The minimum absolute atomic E-state index is 0.0106. The summed E-state index contributed by atoms with van der Waals surface area (Å²) in [6, 6.07) is 13.2. The summed E-state index contributed by atoms with van der Waals surface area (Å²) in [5, 5.41) is 14.4. The fourth-order valence-corrected chi connectivity index (χ4v) is 1.93. The highest BCUT2D eigenvalue weighted by molar-refractivity contribution is 5.94. The standard InChI is InChI=1S/C17H17N3O3/c1-12(2)14-5-7-15(8-6-14)17(21)19-18-11-13-3-9-16(10-4-13)20(22)23/h3-12H,1-2H3,(H,19,21). The molecule has 1 N–H and O–H groups in total. The molecule has 0 bridgehead atoms. The molecule has 6 nitrogen and oxygen atoms in total. The smallest absolute Gasteiger partial charge is 0.267 e. The largest absolute Gasteiger partial charge is 0.271 e. The Hall–Kier alpha value is -3.02. The lowest BCUT2D eigenvalue weighted by molar-refractivity contribution is -0.384. The van der Waals surface area contributed by atoms with E-state index in [-0.39, 0.29) is 11.6 Å². The van der Waals surface area contributed by atoms with E-state index in [1.807, 2.05) is 12.1 Å². The van der Waals surface area contributed by atoms with E-state index >= 15 is 0 Å². The first-order valence-electron chi connectivity index (χ1n) is 7.15. The summed E-state index contributed by atoms with van der Waals surface area (Å²) in [6.45, 7) is 4.17. The Bertz CT molecular complexity index is 720. The van der Waals surface area contributed by atoms with Gasteiger partial charge in [-0.3, -0.25) is 14.9 Å². The molecule has 118 valence electrons. The number of carbonyl (C=O) groups is 1. The summed E-state index contributed by atoms with van der Waals surface area (Å²) < 4.78 is 0. The zero-order valence-corrected chi connectivity index (χ0v) is 12.9. The van der Waals surface area contributed by atoms with Gasteiger partial charge >= 0.3 is 0 Å². The number of nitrogens with one attached hydrogen (secondary N) is 1. The van der Waals surface area contributed by atoms with Gasteiger partial charge in [0.2, 0.25) is 0 Å². The Kier molecular flexibility index (Phi) is 5.19. The van der Waals surface area contributed by atoms with Crippen LogP contribution in [0.5, 0.6) is 0 Å². The van der Waals surface area contributed by atoms with Crippen LogP contribution in [0.3, 0.4) is 0 Å². The van der Waals surface area contributed by atoms with E-state index in [0.29, 0.717) is 17.0 Å². The van der Waals surface area contributed by atoms with Gasteiger partial charge in [0.25, 0.3) is 11.6 Å². The summed E-state index contributed by atoms with van der Waals surface area (Å²) in [7, 11) is 0. The fraction of sp³-hybridized carbons (Fsp3) is 0.176. The van der Waals surface area contributed by atoms with Crippen LogP contribution in [0.2, 0.25) is 0 Å². The first-order chi connectivity index (χ1) is 11.0. The van der Waals surface area contributed by atoms with Crippen LogP contribution >= 0.6 is 0 Å². The first kappa shape index (κ1) is 16.4. The molecule has 2 aromatic rings. The number of benzene rings is 2. The lowest BCUT2D eigenvalue weighted by atomic mass is 10.0. The molecule has 0 aliphatic heterocycles. The number of non-ortho nitro benzene ring substituents is 1. The van der Waals surface area contributed by atoms with Gasteiger partial charge in [0.05, 0.1) is 11.1 Å². The summed E-state index contributed by atoms with van der Waals surface area (Å²) in [5.74, 6) is 0.103. The highest BCUT2D eigenvalue weighted by Gasteiger charge is 2.06. The Labute approximate surface area is 134 Å². The van der Waals surface area contributed by atoms with Gasteiger partial charge in [-0.15, -0.1) is 0 Å². The molecule has 0 heterocycles. The van der Waals surface area contributed by atoms with E-state index in [0.717, 1.165) is 5.56 Å². The number of nitro benzene ring substituents is 1. The first-order valence-corrected chi connectivity index (χ1v) is 7.15. The minimum Gasteiger partial charge on any atom is -0.267 e. The van der Waals surface area contributed by atoms with Crippen molar-refractivity contribution < 1.29 is 9.72 Å². The Morgan fingerprint density at radius 1 is 1.13 bits per heavy atom. The maximum Gasteiger partial charge on any atom is 0.271 e. The van der Waals surface area contributed by atoms with E-state index in [9.17, 15) is 14.9 Å². The fourth-order valence-electron chi connectivity index (χ4n) is 1.93. The van der Waals surface area contributed by atoms with Crippen LogP contribution in [0.15, 0.2) is 53.6 Å². The van der Waals surface area contributed by atoms with Gasteiger partial charge in [-0.2, -0.15) is 5.10 Å². The third-order valence-corrected chi connectivity index (χ3v) is 3.32. The van der Waals surface area contributed by atoms with Crippen molar-refractivity contribution in [2.24, 2.45) is 5.10 Å². The van der Waals surface area contributed by atoms with Crippen LogP contribution < -0.4 is 5.43 Å². The Morgan fingerprint density at radius 3 is 2.26 bits per heavy atom. The summed E-state index contributed by atoms with van der Waals surface area (Å²) in [6.07, 6.45) is 1.43. The Morgan fingerprint density at radius 2 is 1.74 bits per heavy atom. The molecule has 23 heavy (non-hydrogen) atoms. The van der Waals surface area contributed by atoms with Gasteiger partial charge in [-0.05, 0) is 41.3 Å². The van der Waals surface area contributed by atoms with Gasteiger partial charge < -0.3 is 0 Å². The van der Waals surface area contributed by atoms with Crippen molar-refractivity contribution in [3.05, 3.63) is 75.3 Å². The molecular formula is C17H17N3O3. The Balaban J connectivity index is 1.96. The lowest BCUT2D eigenvalue weighted by Crippen LogP contribution is -2.17. The van der Waals surface area contributed by atoms with Crippen LogP contribution in [0.4, 0.5) is 5.69 Å². The maximum absolute atomic E-state index is 11.9. The second kappa shape index (κ2) is 7.31. The average molecular weight is 311 g/mol. The number of hydrazone groups is 1. The quantitative estimate of drug-likeness (QED) is 0.521. The van der Waals surface area contributed by atoms with E-state index in [1.54, 1.807) is 24.3 Å². The maximum atomic E-state index is 11.9. The average Bonchev–Trinajstić information content (AvgIpc) is 2.55. The molecular weight excluding hydrogens is 294 g/mol. The third-order valence-electron chi connectivity index (χ3n) is 3.32. The van der Waals surface area contributed by atoms with Crippen molar-refractivity contribution in [3.8, 4) is 0 Å². The van der Waals surface area contributed by atoms with Gasteiger partial charge in [0.1, 0.15) is 0 Å². The van der Waals surface area contributed by atoms with Crippen molar-refractivity contribution in [2.45, 2.75) is 19.8 Å². The predicted octanol–water partition coefficient (Wildman–Crippen LogP) is 3.48. The molecule has 0 aromatic heterocycles. The minimum atomic E-state index is -0.469. The van der Waals surface area contributed by atoms with E-state index in [1.165, 1.54) is 18.3 Å². The molecule has 0 radical (unpaired) electrons. The molecule has 0 saturated heterocycles. The SMILES string of the molecule is CC(C)c1ccc(C(=O)NN=Cc2ccc([N+](=O)[O-])cc2)cc1. The second-order valence-corrected chi connectivity index (χ2v) is 5.32. The van der Waals surface area contributed by atoms with Crippen LogP contribution in [-0.2, 0) is 0 Å². The number of nitro groups is 1. The zero-order valence-electron chi connectivity index (χ0n) is 12.9. The molecule has 0 spiro atoms. The van der Waals surface area contributed by atoms with Gasteiger partial charge in [-0.1, -0.05) is 26.0 Å². The summed E-state index contributed by atoms with van der Waals surface area (Å²) >= 11 is 0. The van der Waals surface area contributed by atoms with E-state index in [4.69, 9.17) is 0 Å². The van der Waals surface area contributed by atoms with Gasteiger partial charge in [0.15, 0.2) is 0 Å². The van der Waals surface area contributed by atoms with Gasteiger partial charge in [0, 0.05) is 17.7 Å². The molecule has 6 heteroatoms. The molecule has 0 fully saturated rings. The van der Waals surface area contributed by atoms with Crippen molar-refractivity contribution in [1.82, 2.24) is 5.43 Å². The monoisotopic (exact) mass is 311 g/mol. The molecule has 0 unspecified atom stereocenters. The normalized spacial score (nSPS) is 10.9. The van der Waals surface area contributed by atoms with Crippen molar-refractivity contribution in [2.75, 3.05) is 0 Å². The van der Waals surface area contributed by atoms with Crippen molar-refractivity contribution in [1.29, 1.82) is 0 Å². The van der Waals surface area contributed by atoms with E-state index < -0.39 is 4.92 Å². The number of amides is 1. The topological polar surface area (TPSA) is 84.6 Å². The lowest BCUT2D eigenvalue weighted by Gasteiger charge is -2.05. The van der Waals surface area contributed by atoms with Crippen LogP contribution in [0, 0.1) is 10.1 Å². The molecule has 0 aliphatic carbocycles. The summed E-state index contributed by atoms with van der Waals surface area (Å²) in [5.41, 5.74) is 4.79. The molecule has 0 aliphatic rings. The highest BCUT2D eigenvalue weighted by Crippen LogP contribution is 2.14. The third kappa shape index (κ3) is 4.47. The van der Waals surface area contributed by atoms with E-state index in [2.05, 4.69) is 24.4 Å². The van der Waals surface area contributed by atoms with Crippen LogP contribution in [0.25, 0.3) is 0 Å². The zero-order chi connectivity index (χ0) is 16.8. The number of rotatable bonds is 5. The predicted molar refractivity (Wildman–Crippen MR) is 88.7 cm³/mol. The molecule has 0 saturated carbocycles. The van der Waals surface area contributed by atoms with Crippen molar-refractivity contribution >= 4 is 17.8 Å². The van der Waals surface area contributed by atoms with Crippen LogP contribution in [-0.4, -0.2) is 17.0 Å². The van der Waals surface area contributed by atoms with Gasteiger partial charge in [-0.25, -0.2) is 5.43 Å². The number of hydrogen-bond acceptors (Lipinski definition) is 4. The number of carbonyl (C=O) groups excluding carboxylic acids is 1. The highest BCUT2D eigenvalue weighted by atomic mass is 16.6. The summed E-state index contributed by atoms with van der Waals surface area (Å²) in [4.78, 5) is 22.0. The number of nitrogens with zero attached hydrogens (tertiary/aromatic N) is 2.